The predicted octanol–water partition coefficient (Wildman–Crippen LogP) is 0.876. The molecule has 3 nitrogen and oxygen atoms in total. The van der Waals surface area contributed by atoms with Crippen molar-refractivity contribution in [3.63, 3.8) is 0 Å². The summed E-state index contributed by atoms with van der Waals surface area (Å²) in [5, 5.41) is 18.9. The van der Waals surface area contributed by atoms with E-state index in [2.05, 4.69) is 0 Å². The molecular formula is C7H2F3O3-. The van der Waals surface area contributed by atoms with Gasteiger partial charge in [-0.1, -0.05) is 5.75 Å². The van der Waals surface area contributed by atoms with Crippen molar-refractivity contribution in [2.45, 2.75) is 0 Å². The summed E-state index contributed by atoms with van der Waals surface area (Å²) < 4.78 is 37.1. The van der Waals surface area contributed by atoms with Crippen LogP contribution in [0.3, 0.4) is 0 Å². The number of carbonyl (C=O) groups is 1. The second kappa shape index (κ2) is 2.96. The molecule has 0 radical (unpaired) electrons. The first-order chi connectivity index (χ1) is 5.95. The molecule has 1 rings (SSSR count). The molecular weight excluding hydrogens is 189 g/mol. The Balaban J connectivity index is 3.50. The Labute approximate surface area is 70.0 Å². The van der Waals surface area contributed by atoms with Crippen molar-refractivity contribution >= 4 is 5.97 Å². The van der Waals surface area contributed by atoms with Crippen LogP contribution in [0.5, 0.6) is 5.75 Å². The maximum absolute atomic E-state index is 12.4. The molecule has 0 amide bonds. The van der Waals surface area contributed by atoms with E-state index >= 15 is 0 Å². The van der Waals surface area contributed by atoms with E-state index in [1.807, 2.05) is 0 Å². The molecule has 0 unspecified atom stereocenters. The molecule has 0 aliphatic heterocycles. The van der Waals surface area contributed by atoms with Crippen LogP contribution < -0.4 is 5.11 Å². The van der Waals surface area contributed by atoms with Gasteiger partial charge in [-0.15, -0.1) is 0 Å². The standard InChI is InChI=1S/C7H3F3O3/c8-3-1-2(7(12)13)6(11)5(10)4(3)9/h1,11H,(H,12,13)/p-1. The zero-order valence-corrected chi connectivity index (χ0v) is 5.97. The summed E-state index contributed by atoms with van der Waals surface area (Å²) in [4.78, 5) is 10.2. The smallest absolute Gasteiger partial charge is 0.335 e. The van der Waals surface area contributed by atoms with Crippen LogP contribution in [0.2, 0.25) is 0 Å². The molecule has 0 saturated heterocycles. The molecule has 13 heavy (non-hydrogen) atoms. The van der Waals surface area contributed by atoms with Crippen molar-refractivity contribution in [3.05, 3.63) is 29.1 Å². The Morgan fingerprint density at radius 3 is 2.31 bits per heavy atom. The predicted molar refractivity (Wildman–Crippen MR) is 32.7 cm³/mol. The number of hydrogen-bond acceptors (Lipinski definition) is 2. The normalized spacial score (nSPS) is 10.1. The molecule has 0 aliphatic carbocycles. The first kappa shape index (κ1) is 9.37. The van der Waals surface area contributed by atoms with Gasteiger partial charge in [0.25, 0.3) is 0 Å². The van der Waals surface area contributed by atoms with Gasteiger partial charge in [0.15, 0.2) is 17.5 Å². The lowest BCUT2D eigenvalue weighted by atomic mass is 10.2. The zero-order chi connectivity index (χ0) is 10.2. The van der Waals surface area contributed by atoms with Gasteiger partial charge in [0, 0.05) is 0 Å². The summed E-state index contributed by atoms with van der Waals surface area (Å²) >= 11 is 0. The van der Waals surface area contributed by atoms with Gasteiger partial charge in [-0.25, -0.2) is 18.0 Å². The van der Waals surface area contributed by atoms with Gasteiger partial charge in [-0.05, 0) is 6.07 Å². The van der Waals surface area contributed by atoms with E-state index in [-0.39, 0.29) is 6.07 Å². The molecule has 0 heterocycles. The lowest BCUT2D eigenvalue weighted by molar-refractivity contribution is -0.273. The highest BCUT2D eigenvalue weighted by molar-refractivity contribution is 5.90. The quantitative estimate of drug-likeness (QED) is 0.670. The second-order valence-electron chi connectivity index (χ2n) is 2.17. The topological polar surface area (TPSA) is 60.4 Å². The Morgan fingerprint density at radius 1 is 1.31 bits per heavy atom. The summed E-state index contributed by atoms with van der Waals surface area (Å²) in [6, 6.07) is 0.142. The van der Waals surface area contributed by atoms with E-state index in [1.54, 1.807) is 0 Å². The van der Waals surface area contributed by atoms with Crippen LogP contribution in [0.15, 0.2) is 6.07 Å². The highest BCUT2D eigenvalue weighted by Gasteiger charge is 2.16. The van der Waals surface area contributed by atoms with Crippen LogP contribution in [0.1, 0.15) is 10.4 Å². The van der Waals surface area contributed by atoms with Crippen LogP contribution in [0, 0.1) is 17.5 Å². The van der Waals surface area contributed by atoms with Gasteiger partial charge >= 0.3 is 5.97 Å². The third-order valence-corrected chi connectivity index (χ3v) is 1.35. The molecule has 0 fully saturated rings. The molecule has 0 aromatic heterocycles. The van der Waals surface area contributed by atoms with Crippen LogP contribution in [-0.2, 0) is 0 Å². The van der Waals surface area contributed by atoms with E-state index in [0.29, 0.717) is 0 Å². The first-order valence-corrected chi connectivity index (χ1v) is 3.03. The molecule has 0 bridgehead atoms. The van der Waals surface area contributed by atoms with Gasteiger partial charge in [0.2, 0.25) is 0 Å². The zero-order valence-electron chi connectivity index (χ0n) is 5.97. The Morgan fingerprint density at radius 2 is 1.85 bits per heavy atom. The molecule has 0 saturated carbocycles. The van der Waals surface area contributed by atoms with Gasteiger partial charge in [-0.3, -0.25) is 0 Å². The van der Waals surface area contributed by atoms with Crippen molar-refractivity contribution < 1.29 is 28.2 Å². The SMILES string of the molecule is O=C(O)c1cc(F)c(F)c(F)c1[O-]. The number of aromatic carboxylic acids is 1. The fraction of sp³-hybridized carbons (Fsp3) is 0. The fourth-order valence-corrected chi connectivity index (χ4v) is 0.737. The average Bonchev–Trinajstić information content (AvgIpc) is 2.07. The summed E-state index contributed by atoms with van der Waals surface area (Å²) in [6.07, 6.45) is 0. The van der Waals surface area contributed by atoms with E-state index < -0.39 is 34.7 Å². The lowest BCUT2D eigenvalue weighted by Crippen LogP contribution is -2.09. The molecule has 1 aromatic rings. The van der Waals surface area contributed by atoms with Crippen molar-refractivity contribution in [3.8, 4) is 5.75 Å². The molecule has 1 aromatic carbocycles. The highest BCUT2D eigenvalue weighted by atomic mass is 19.2. The Bertz CT molecular complexity index is 376. The fourth-order valence-electron chi connectivity index (χ4n) is 0.737. The van der Waals surface area contributed by atoms with Crippen LogP contribution in [0.4, 0.5) is 13.2 Å². The van der Waals surface area contributed by atoms with Gasteiger partial charge in [0.05, 0.1) is 5.56 Å². The Hall–Kier alpha value is -1.72. The number of benzene rings is 1. The highest BCUT2D eigenvalue weighted by Crippen LogP contribution is 2.23. The number of rotatable bonds is 1. The summed E-state index contributed by atoms with van der Waals surface area (Å²) in [6.45, 7) is 0. The van der Waals surface area contributed by atoms with Crippen molar-refractivity contribution in [1.82, 2.24) is 0 Å². The largest absolute Gasteiger partial charge is 0.870 e. The number of halogens is 3. The van der Waals surface area contributed by atoms with Crippen molar-refractivity contribution in [1.29, 1.82) is 0 Å². The van der Waals surface area contributed by atoms with Crippen molar-refractivity contribution in [2.24, 2.45) is 0 Å². The second-order valence-corrected chi connectivity index (χ2v) is 2.17. The molecule has 70 valence electrons. The molecule has 1 N–H and O–H groups in total. The van der Waals surface area contributed by atoms with E-state index in [1.165, 1.54) is 0 Å². The van der Waals surface area contributed by atoms with E-state index in [4.69, 9.17) is 5.11 Å². The van der Waals surface area contributed by atoms with E-state index in [9.17, 15) is 23.1 Å². The molecule has 0 aliphatic rings. The minimum absolute atomic E-state index is 0.142. The van der Waals surface area contributed by atoms with Crippen LogP contribution in [-0.4, -0.2) is 11.1 Å². The van der Waals surface area contributed by atoms with Gasteiger partial charge in [-0.2, -0.15) is 0 Å². The molecule has 0 spiro atoms. The Kier molecular flexibility index (Phi) is 2.14. The molecule has 0 atom stereocenters. The van der Waals surface area contributed by atoms with Gasteiger partial charge in [0.1, 0.15) is 0 Å². The maximum atomic E-state index is 12.4. The molecule has 6 heteroatoms. The third-order valence-electron chi connectivity index (χ3n) is 1.35. The van der Waals surface area contributed by atoms with Gasteiger partial charge < -0.3 is 10.2 Å². The minimum Gasteiger partial charge on any atom is -0.870 e. The average molecular weight is 191 g/mol. The van der Waals surface area contributed by atoms with E-state index in [0.717, 1.165) is 0 Å². The summed E-state index contributed by atoms with van der Waals surface area (Å²) in [7, 11) is 0. The number of carboxylic acids is 1. The lowest BCUT2D eigenvalue weighted by Gasteiger charge is -2.11. The summed E-state index contributed by atoms with van der Waals surface area (Å²) in [5.74, 6) is -9.14. The summed E-state index contributed by atoms with van der Waals surface area (Å²) in [5.41, 5.74) is -1.13. The first-order valence-electron chi connectivity index (χ1n) is 3.03. The maximum Gasteiger partial charge on any atom is 0.335 e. The van der Waals surface area contributed by atoms with Crippen LogP contribution >= 0.6 is 0 Å². The van der Waals surface area contributed by atoms with Crippen molar-refractivity contribution in [2.75, 3.05) is 0 Å². The minimum atomic E-state index is -2.02. The number of carboxylic acid groups (broad SMARTS) is 1. The van der Waals surface area contributed by atoms with Crippen LogP contribution in [0.25, 0.3) is 0 Å². The number of hydrogen-bond donors (Lipinski definition) is 1. The third kappa shape index (κ3) is 1.42. The monoisotopic (exact) mass is 191 g/mol.